The lowest BCUT2D eigenvalue weighted by atomic mass is 10.2. The highest BCUT2D eigenvalue weighted by Crippen LogP contribution is 2.29. The number of nitrogens with zero attached hydrogens (tertiary/aromatic N) is 3. The van der Waals surface area contributed by atoms with Crippen molar-refractivity contribution < 1.29 is 19.4 Å². The summed E-state index contributed by atoms with van der Waals surface area (Å²) in [5, 5.41) is 33.4. The fraction of sp³-hybridized carbons (Fsp3) is 0.176. The lowest BCUT2D eigenvalue weighted by molar-refractivity contribution is -0.393. The first-order chi connectivity index (χ1) is 12.8. The molecule has 0 aromatic heterocycles. The Morgan fingerprint density at radius 1 is 1.33 bits per heavy atom. The fourth-order valence-corrected chi connectivity index (χ4v) is 1.80. The summed E-state index contributed by atoms with van der Waals surface area (Å²) in [6, 6.07) is 4.97. The third kappa shape index (κ3) is 6.43. The number of esters is 1. The van der Waals surface area contributed by atoms with Gasteiger partial charge in [0.15, 0.2) is 0 Å². The van der Waals surface area contributed by atoms with Crippen molar-refractivity contribution in [3.05, 3.63) is 74.0 Å². The van der Waals surface area contributed by atoms with E-state index in [0.29, 0.717) is 5.57 Å². The van der Waals surface area contributed by atoms with Gasteiger partial charge in [-0.25, -0.2) is 4.79 Å². The Morgan fingerprint density at radius 2 is 2.04 bits per heavy atom. The Kier molecular flexibility index (Phi) is 7.87. The Morgan fingerprint density at radius 3 is 2.59 bits per heavy atom. The lowest BCUT2D eigenvalue weighted by Crippen LogP contribution is -2.05. The summed E-state index contributed by atoms with van der Waals surface area (Å²) in [7, 11) is 0. The van der Waals surface area contributed by atoms with Crippen LogP contribution in [0.25, 0.3) is 0 Å². The smallest absolute Gasteiger partial charge is 0.348 e. The molecule has 0 saturated heterocycles. The van der Waals surface area contributed by atoms with Gasteiger partial charge in [0.2, 0.25) is 0 Å². The average molecular weight is 372 g/mol. The summed E-state index contributed by atoms with van der Waals surface area (Å²) in [5.41, 5.74) is -0.301. The van der Waals surface area contributed by atoms with Crippen LogP contribution in [-0.2, 0) is 9.53 Å². The standard InChI is InChI=1S/C17H16N4O6/c1-3-27-17(22)13(10-18)6-4-5-12(2)11-19-15-8-7-14(20(23)24)9-16(15)21(25)26/h4-9,11,19H,3H2,1-2H3/b5-4-,12-11-,13-6-. The van der Waals surface area contributed by atoms with Crippen molar-refractivity contribution in [2.75, 3.05) is 11.9 Å². The maximum Gasteiger partial charge on any atom is 0.348 e. The third-order valence-electron chi connectivity index (χ3n) is 3.08. The van der Waals surface area contributed by atoms with Gasteiger partial charge in [-0.05, 0) is 31.6 Å². The molecule has 0 aliphatic rings. The maximum absolute atomic E-state index is 11.5. The molecular formula is C17H16N4O6. The van der Waals surface area contributed by atoms with E-state index in [2.05, 4.69) is 5.32 Å². The number of non-ortho nitro benzene ring substituents is 1. The molecule has 0 unspecified atom stereocenters. The zero-order chi connectivity index (χ0) is 20.4. The van der Waals surface area contributed by atoms with Crippen molar-refractivity contribution in [2.45, 2.75) is 13.8 Å². The number of nitro benzene ring substituents is 2. The van der Waals surface area contributed by atoms with E-state index in [1.807, 2.05) is 0 Å². The van der Waals surface area contributed by atoms with E-state index in [-0.39, 0.29) is 23.6 Å². The number of carbonyl (C=O) groups excluding carboxylic acids is 1. The Balaban J connectivity index is 2.94. The minimum atomic E-state index is -0.731. The van der Waals surface area contributed by atoms with Crippen LogP contribution in [0.3, 0.4) is 0 Å². The largest absolute Gasteiger partial charge is 0.462 e. The molecule has 10 heteroatoms. The van der Waals surface area contributed by atoms with Gasteiger partial charge in [0.1, 0.15) is 17.3 Å². The second-order valence-corrected chi connectivity index (χ2v) is 5.02. The van der Waals surface area contributed by atoms with Crippen molar-refractivity contribution in [3.8, 4) is 6.07 Å². The molecule has 0 saturated carbocycles. The van der Waals surface area contributed by atoms with Gasteiger partial charge in [-0.15, -0.1) is 0 Å². The monoisotopic (exact) mass is 372 g/mol. The van der Waals surface area contributed by atoms with Crippen LogP contribution in [0.5, 0.6) is 0 Å². The first kappa shape index (κ1) is 21.0. The topological polar surface area (TPSA) is 148 Å². The summed E-state index contributed by atoms with van der Waals surface area (Å²) < 4.78 is 4.72. The van der Waals surface area contributed by atoms with Crippen molar-refractivity contribution >= 4 is 23.0 Å². The van der Waals surface area contributed by atoms with Crippen LogP contribution in [0.15, 0.2) is 53.8 Å². The quantitative estimate of drug-likeness (QED) is 0.182. The van der Waals surface area contributed by atoms with E-state index in [1.165, 1.54) is 24.4 Å². The highest BCUT2D eigenvalue weighted by molar-refractivity contribution is 5.93. The van der Waals surface area contributed by atoms with Gasteiger partial charge in [-0.2, -0.15) is 5.26 Å². The van der Waals surface area contributed by atoms with Crippen molar-refractivity contribution in [1.82, 2.24) is 0 Å². The van der Waals surface area contributed by atoms with Gasteiger partial charge in [0, 0.05) is 12.3 Å². The number of anilines is 1. The molecule has 1 rings (SSSR count). The van der Waals surface area contributed by atoms with E-state index >= 15 is 0 Å². The third-order valence-corrected chi connectivity index (χ3v) is 3.08. The molecule has 0 radical (unpaired) electrons. The number of carbonyl (C=O) groups is 1. The van der Waals surface area contributed by atoms with E-state index in [0.717, 1.165) is 12.1 Å². The van der Waals surface area contributed by atoms with Gasteiger partial charge < -0.3 is 10.1 Å². The number of rotatable bonds is 8. The second kappa shape index (κ2) is 10.1. The summed E-state index contributed by atoms with van der Waals surface area (Å²) in [4.78, 5) is 31.8. The number of hydrogen-bond donors (Lipinski definition) is 1. The fourth-order valence-electron chi connectivity index (χ4n) is 1.80. The SMILES string of the molecule is CCOC(=O)\C(C#N)=C/C=C\C(C)=C/Nc1ccc([N+](=O)[O-])cc1[N+](=O)[O-]. The van der Waals surface area contributed by atoms with Crippen LogP contribution in [0.1, 0.15) is 13.8 Å². The predicted octanol–water partition coefficient (Wildman–Crippen LogP) is 3.39. The van der Waals surface area contributed by atoms with E-state index in [4.69, 9.17) is 10.00 Å². The number of allylic oxidation sites excluding steroid dienone is 4. The number of nitro groups is 2. The second-order valence-electron chi connectivity index (χ2n) is 5.02. The van der Waals surface area contributed by atoms with Crippen molar-refractivity contribution in [1.29, 1.82) is 5.26 Å². The molecule has 0 fully saturated rings. The lowest BCUT2D eigenvalue weighted by Gasteiger charge is -2.03. The van der Waals surface area contributed by atoms with Crippen LogP contribution < -0.4 is 5.32 Å². The molecule has 0 heterocycles. The van der Waals surface area contributed by atoms with Crippen molar-refractivity contribution in [3.63, 3.8) is 0 Å². The zero-order valence-corrected chi connectivity index (χ0v) is 14.5. The molecular weight excluding hydrogens is 356 g/mol. The minimum Gasteiger partial charge on any atom is -0.462 e. The molecule has 0 amide bonds. The molecule has 0 spiro atoms. The first-order valence-corrected chi connectivity index (χ1v) is 7.61. The van der Waals surface area contributed by atoms with E-state index in [9.17, 15) is 25.0 Å². The molecule has 10 nitrogen and oxygen atoms in total. The molecule has 0 atom stereocenters. The number of ether oxygens (including phenoxy) is 1. The summed E-state index contributed by atoms with van der Waals surface area (Å²) in [6.07, 6.45) is 5.73. The van der Waals surface area contributed by atoms with Crippen LogP contribution >= 0.6 is 0 Å². The first-order valence-electron chi connectivity index (χ1n) is 7.61. The van der Waals surface area contributed by atoms with Crippen molar-refractivity contribution in [2.24, 2.45) is 0 Å². The summed E-state index contributed by atoms with van der Waals surface area (Å²) in [6.45, 7) is 3.45. The molecule has 140 valence electrons. The average Bonchev–Trinajstić information content (AvgIpc) is 2.63. The molecule has 1 aromatic rings. The highest BCUT2D eigenvalue weighted by Gasteiger charge is 2.18. The van der Waals surface area contributed by atoms with E-state index < -0.39 is 21.5 Å². The minimum absolute atomic E-state index is 0.0816. The number of benzene rings is 1. The predicted molar refractivity (Wildman–Crippen MR) is 96.6 cm³/mol. The van der Waals surface area contributed by atoms with Crippen LogP contribution in [0, 0.1) is 31.6 Å². The van der Waals surface area contributed by atoms with Crippen LogP contribution in [0.2, 0.25) is 0 Å². The Hall–Kier alpha value is -4.00. The molecule has 1 aromatic carbocycles. The number of nitriles is 1. The Labute approximate surface area is 154 Å². The maximum atomic E-state index is 11.5. The zero-order valence-electron chi connectivity index (χ0n) is 14.5. The summed E-state index contributed by atoms with van der Waals surface area (Å²) in [5.74, 6) is -0.731. The number of hydrogen-bond acceptors (Lipinski definition) is 8. The normalized spacial score (nSPS) is 11.7. The molecule has 1 N–H and O–H groups in total. The molecule has 27 heavy (non-hydrogen) atoms. The Bertz CT molecular complexity index is 880. The van der Waals surface area contributed by atoms with Gasteiger partial charge in [-0.1, -0.05) is 12.2 Å². The van der Waals surface area contributed by atoms with Crippen LogP contribution in [0.4, 0.5) is 17.1 Å². The van der Waals surface area contributed by atoms with Crippen LogP contribution in [-0.4, -0.2) is 22.4 Å². The highest BCUT2D eigenvalue weighted by atomic mass is 16.6. The number of nitrogens with one attached hydrogen (secondary N) is 1. The van der Waals surface area contributed by atoms with Gasteiger partial charge in [-0.3, -0.25) is 20.2 Å². The molecule has 0 aliphatic carbocycles. The molecule has 0 bridgehead atoms. The molecule has 0 aliphatic heterocycles. The van der Waals surface area contributed by atoms with E-state index in [1.54, 1.807) is 26.0 Å². The van der Waals surface area contributed by atoms with Gasteiger partial charge in [0.05, 0.1) is 22.5 Å². The summed E-state index contributed by atoms with van der Waals surface area (Å²) >= 11 is 0. The van der Waals surface area contributed by atoms with Gasteiger partial charge >= 0.3 is 5.97 Å². The van der Waals surface area contributed by atoms with Gasteiger partial charge in [0.25, 0.3) is 11.4 Å².